The van der Waals surface area contributed by atoms with Crippen LogP contribution in [0.15, 0.2) is 12.2 Å². The van der Waals surface area contributed by atoms with Crippen molar-refractivity contribution in [1.29, 1.82) is 0 Å². The average molecular weight is 170 g/mol. The van der Waals surface area contributed by atoms with E-state index in [1.807, 2.05) is 13.8 Å². The molecule has 1 nitrogen and oxygen atoms in total. The van der Waals surface area contributed by atoms with Gasteiger partial charge in [0.2, 0.25) is 0 Å². The molecule has 0 aromatic carbocycles. The van der Waals surface area contributed by atoms with Crippen molar-refractivity contribution < 1.29 is 4.74 Å². The Morgan fingerprint density at radius 2 is 2.08 bits per heavy atom. The summed E-state index contributed by atoms with van der Waals surface area (Å²) in [6.45, 7) is 6.18. The van der Waals surface area contributed by atoms with E-state index < -0.39 is 0 Å². The highest BCUT2D eigenvalue weighted by molar-refractivity contribution is 5.05. The number of methoxy groups -OCH3 is 1. The van der Waals surface area contributed by atoms with Gasteiger partial charge < -0.3 is 4.74 Å². The highest BCUT2D eigenvalue weighted by Crippen LogP contribution is 2.27. The highest BCUT2D eigenvalue weighted by Gasteiger charge is 2.25. The van der Waals surface area contributed by atoms with Gasteiger partial charge in [-0.2, -0.15) is 0 Å². The zero-order valence-corrected chi connectivity index (χ0v) is 8.89. The standard InChI is InChI=1S/C9H16O.C2H6/c1-3-9(10-2)7-5-4-6-8-9;1-2/h5,7H,3-4,6,8H2,1-2H3;1-2H3. The second kappa shape index (κ2) is 6.24. The third kappa shape index (κ3) is 2.98. The molecule has 0 aliphatic heterocycles. The van der Waals surface area contributed by atoms with E-state index in [1.54, 1.807) is 7.11 Å². The summed E-state index contributed by atoms with van der Waals surface area (Å²) in [6, 6.07) is 0. The van der Waals surface area contributed by atoms with Crippen LogP contribution in [0.25, 0.3) is 0 Å². The molecule has 0 heterocycles. The summed E-state index contributed by atoms with van der Waals surface area (Å²) in [7, 11) is 1.80. The summed E-state index contributed by atoms with van der Waals surface area (Å²) < 4.78 is 5.44. The summed E-state index contributed by atoms with van der Waals surface area (Å²) in [5.74, 6) is 0. The van der Waals surface area contributed by atoms with E-state index in [0.29, 0.717) is 0 Å². The van der Waals surface area contributed by atoms with E-state index in [9.17, 15) is 0 Å². The second-order valence-corrected chi connectivity index (χ2v) is 2.92. The van der Waals surface area contributed by atoms with Gasteiger partial charge in [0.25, 0.3) is 0 Å². The molecule has 0 radical (unpaired) electrons. The Bertz CT molecular complexity index is 123. The number of rotatable bonds is 2. The first-order valence-corrected chi connectivity index (χ1v) is 5.06. The lowest BCUT2D eigenvalue weighted by molar-refractivity contribution is 0.0168. The Morgan fingerprint density at radius 1 is 1.42 bits per heavy atom. The highest BCUT2D eigenvalue weighted by atomic mass is 16.5. The zero-order chi connectivity index (χ0) is 9.45. The van der Waals surface area contributed by atoms with Crippen LogP contribution in [-0.2, 0) is 4.74 Å². The van der Waals surface area contributed by atoms with Gasteiger partial charge in [-0.15, -0.1) is 0 Å². The van der Waals surface area contributed by atoms with E-state index >= 15 is 0 Å². The van der Waals surface area contributed by atoms with Gasteiger partial charge in [-0.25, -0.2) is 0 Å². The average Bonchev–Trinajstić information content (AvgIpc) is 2.22. The lowest BCUT2D eigenvalue weighted by Crippen LogP contribution is -2.29. The molecule has 0 spiro atoms. The third-order valence-corrected chi connectivity index (χ3v) is 2.40. The van der Waals surface area contributed by atoms with Gasteiger partial charge in [0.05, 0.1) is 5.60 Å². The van der Waals surface area contributed by atoms with Crippen molar-refractivity contribution in [2.75, 3.05) is 7.11 Å². The van der Waals surface area contributed by atoms with Crippen LogP contribution in [0.5, 0.6) is 0 Å². The maximum Gasteiger partial charge on any atom is 0.0856 e. The van der Waals surface area contributed by atoms with Crippen molar-refractivity contribution in [1.82, 2.24) is 0 Å². The van der Waals surface area contributed by atoms with Crippen molar-refractivity contribution in [3.8, 4) is 0 Å². The van der Waals surface area contributed by atoms with Gasteiger partial charge in [0.15, 0.2) is 0 Å². The molecule has 0 aromatic heterocycles. The molecule has 0 aromatic rings. The fourth-order valence-corrected chi connectivity index (χ4v) is 1.51. The Kier molecular flexibility index (Phi) is 6.09. The van der Waals surface area contributed by atoms with Crippen molar-refractivity contribution in [3.63, 3.8) is 0 Å². The Balaban J connectivity index is 0.000000561. The summed E-state index contributed by atoms with van der Waals surface area (Å²) in [4.78, 5) is 0. The minimum absolute atomic E-state index is 0.0816. The van der Waals surface area contributed by atoms with Crippen molar-refractivity contribution in [3.05, 3.63) is 12.2 Å². The monoisotopic (exact) mass is 170 g/mol. The summed E-state index contributed by atoms with van der Waals surface area (Å²) in [6.07, 6.45) is 9.24. The molecule has 1 aliphatic rings. The largest absolute Gasteiger partial charge is 0.374 e. The van der Waals surface area contributed by atoms with Crippen LogP contribution in [-0.4, -0.2) is 12.7 Å². The molecule has 0 saturated carbocycles. The number of hydrogen-bond acceptors (Lipinski definition) is 1. The van der Waals surface area contributed by atoms with Gasteiger partial charge >= 0.3 is 0 Å². The van der Waals surface area contributed by atoms with Gasteiger partial charge in [-0.3, -0.25) is 0 Å². The molecule has 0 saturated heterocycles. The molecule has 1 aliphatic carbocycles. The minimum Gasteiger partial charge on any atom is -0.374 e. The summed E-state index contributed by atoms with van der Waals surface area (Å²) in [5, 5.41) is 0. The summed E-state index contributed by atoms with van der Waals surface area (Å²) >= 11 is 0. The Hall–Kier alpha value is -0.300. The normalized spacial score (nSPS) is 27.7. The van der Waals surface area contributed by atoms with E-state index in [4.69, 9.17) is 4.74 Å². The lowest BCUT2D eigenvalue weighted by atomic mass is 9.89. The SMILES string of the molecule is CC.CCC1(OC)C=CCCC1. The topological polar surface area (TPSA) is 9.23 Å². The number of hydrogen-bond donors (Lipinski definition) is 0. The van der Waals surface area contributed by atoms with Crippen molar-refractivity contribution in [2.24, 2.45) is 0 Å². The molecule has 0 amide bonds. The first kappa shape index (κ1) is 11.7. The molecule has 72 valence electrons. The van der Waals surface area contributed by atoms with E-state index in [1.165, 1.54) is 19.3 Å². The second-order valence-electron chi connectivity index (χ2n) is 2.92. The molecule has 1 heteroatoms. The zero-order valence-electron chi connectivity index (χ0n) is 8.89. The molecule has 0 bridgehead atoms. The van der Waals surface area contributed by atoms with Crippen LogP contribution < -0.4 is 0 Å². The van der Waals surface area contributed by atoms with Gasteiger partial charge in [0, 0.05) is 7.11 Å². The Labute approximate surface area is 76.8 Å². The molecule has 1 unspecified atom stereocenters. The van der Waals surface area contributed by atoms with Crippen LogP contribution in [0.1, 0.15) is 46.5 Å². The number of ether oxygens (including phenoxy) is 1. The van der Waals surface area contributed by atoms with Gasteiger partial charge in [0.1, 0.15) is 0 Å². The fraction of sp³-hybridized carbons (Fsp3) is 0.818. The first-order valence-electron chi connectivity index (χ1n) is 5.06. The Morgan fingerprint density at radius 3 is 2.33 bits per heavy atom. The maximum absolute atomic E-state index is 5.44. The predicted octanol–water partition coefficient (Wildman–Crippen LogP) is 3.55. The van der Waals surface area contributed by atoms with Crippen molar-refractivity contribution >= 4 is 0 Å². The van der Waals surface area contributed by atoms with E-state index in [-0.39, 0.29) is 5.60 Å². The molecule has 12 heavy (non-hydrogen) atoms. The van der Waals surface area contributed by atoms with Crippen LogP contribution in [0.2, 0.25) is 0 Å². The van der Waals surface area contributed by atoms with Crippen molar-refractivity contribution in [2.45, 2.75) is 52.1 Å². The third-order valence-electron chi connectivity index (χ3n) is 2.40. The van der Waals surface area contributed by atoms with Crippen LogP contribution in [0, 0.1) is 0 Å². The smallest absolute Gasteiger partial charge is 0.0856 e. The van der Waals surface area contributed by atoms with Gasteiger partial charge in [-0.1, -0.05) is 32.9 Å². The summed E-state index contributed by atoms with van der Waals surface area (Å²) in [5.41, 5.74) is 0.0816. The molecule has 1 atom stereocenters. The van der Waals surface area contributed by atoms with Crippen LogP contribution >= 0.6 is 0 Å². The molecule has 0 N–H and O–H groups in total. The maximum atomic E-state index is 5.44. The molecule has 0 fully saturated rings. The quantitative estimate of drug-likeness (QED) is 0.576. The first-order chi connectivity index (χ1) is 5.83. The van der Waals surface area contributed by atoms with Crippen LogP contribution in [0.3, 0.4) is 0 Å². The van der Waals surface area contributed by atoms with Gasteiger partial charge in [-0.05, 0) is 25.7 Å². The number of allylic oxidation sites excluding steroid dienone is 1. The lowest BCUT2D eigenvalue weighted by Gasteiger charge is -2.30. The molecule has 1 rings (SSSR count). The minimum atomic E-state index is 0.0816. The molecular weight excluding hydrogens is 148 g/mol. The van der Waals surface area contributed by atoms with Crippen LogP contribution in [0.4, 0.5) is 0 Å². The predicted molar refractivity (Wildman–Crippen MR) is 54.4 cm³/mol. The van der Waals surface area contributed by atoms with E-state index in [2.05, 4.69) is 19.1 Å². The fourth-order valence-electron chi connectivity index (χ4n) is 1.51. The van der Waals surface area contributed by atoms with E-state index in [0.717, 1.165) is 6.42 Å². The molecular formula is C11H22O.